The van der Waals surface area contributed by atoms with Crippen LogP contribution in [0.3, 0.4) is 0 Å². The number of pyridine rings is 1. The van der Waals surface area contributed by atoms with Crippen LogP contribution >= 0.6 is 0 Å². The molecule has 0 aliphatic rings. The van der Waals surface area contributed by atoms with E-state index in [2.05, 4.69) is 28.9 Å². The first kappa shape index (κ1) is 11.6. The minimum atomic E-state index is 0.496. The average molecular weight is 231 g/mol. The van der Waals surface area contributed by atoms with Gasteiger partial charge in [0.2, 0.25) is 0 Å². The van der Waals surface area contributed by atoms with Gasteiger partial charge in [-0.3, -0.25) is 0 Å². The smallest absolute Gasteiger partial charge is 0.158 e. The van der Waals surface area contributed by atoms with Crippen LogP contribution in [0.2, 0.25) is 0 Å². The summed E-state index contributed by atoms with van der Waals surface area (Å²) in [6.07, 6.45) is 2.57. The highest BCUT2D eigenvalue weighted by Gasteiger charge is 2.10. The maximum Gasteiger partial charge on any atom is 0.158 e. The predicted molar refractivity (Wildman–Crippen MR) is 67.2 cm³/mol. The summed E-state index contributed by atoms with van der Waals surface area (Å²) in [6.45, 7) is 4.31. The van der Waals surface area contributed by atoms with Crippen molar-refractivity contribution in [3.8, 4) is 11.4 Å². The van der Waals surface area contributed by atoms with Gasteiger partial charge in [-0.25, -0.2) is 14.6 Å². The first-order valence-electron chi connectivity index (χ1n) is 5.68. The zero-order valence-electron chi connectivity index (χ0n) is 10.4. The minimum Gasteiger partial charge on any atom is -0.384 e. The van der Waals surface area contributed by atoms with E-state index in [9.17, 15) is 0 Å². The second kappa shape index (κ2) is 4.53. The SMILES string of the molecule is CC(C)Cc1nc(-c2ccnc(N)c2)n(C)n1. The van der Waals surface area contributed by atoms with E-state index in [1.54, 1.807) is 10.9 Å². The highest BCUT2D eigenvalue weighted by Crippen LogP contribution is 2.18. The first-order valence-corrected chi connectivity index (χ1v) is 5.68. The van der Waals surface area contributed by atoms with Crippen molar-refractivity contribution in [1.82, 2.24) is 19.7 Å². The maximum atomic E-state index is 5.66. The van der Waals surface area contributed by atoms with Gasteiger partial charge < -0.3 is 5.73 Å². The van der Waals surface area contributed by atoms with Gasteiger partial charge in [-0.1, -0.05) is 13.8 Å². The molecule has 5 heteroatoms. The van der Waals surface area contributed by atoms with Crippen molar-refractivity contribution in [3.63, 3.8) is 0 Å². The molecule has 2 N–H and O–H groups in total. The fraction of sp³-hybridized carbons (Fsp3) is 0.417. The fourth-order valence-electron chi connectivity index (χ4n) is 1.73. The van der Waals surface area contributed by atoms with Crippen LogP contribution < -0.4 is 5.73 Å². The number of nitrogen functional groups attached to an aromatic ring is 1. The topological polar surface area (TPSA) is 69.6 Å². The molecule has 0 amide bonds. The van der Waals surface area contributed by atoms with Crippen LogP contribution in [0.5, 0.6) is 0 Å². The predicted octanol–water partition coefficient (Wildman–Crippen LogP) is 1.66. The van der Waals surface area contributed by atoms with Crippen molar-refractivity contribution in [2.75, 3.05) is 5.73 Å². The van der Waals surface area contributed by atoms with Crippen LogP contribution in [0, 0.1) is 5.92 Å². The van der Waals surface area contributed by atoms with Crippen LogP contribution in [0.1, 0.15) is 19.7 Å². The van der Waals surface area contributed by atoms with Crippen LogP contribution in [0.15, 0.2) is 18.3 Å². The zero-order chi connectivity index (χ0) is 12.4. The van der Waals surface area contributed by atoms with Crippen LogP contribution in [-0.4, -0.2) is 19.7 Å². The second-order valence-corrected chi connectivity index (χ2v) is 4.54. The van der Waals surface area contributed by atoms with Crippen molar-refractivity contribution in [3.05, 3.63) is 24.2 Å². The lowest BCUT2D eigenvalue weighted by Crippen LogP contribution is -1.98. The summed E-state index contributed by atoms with van der Waals surface area (Å²) in [4.78, 5) is 8.50. The van der Waals surface area contributed by atoms with E-state index in [0.717, 1.165) is 23.6 Å². The number of aromatic nitrogens is 4. The van der Waals surface area contributed by atoms with Gasteiger partial charge in [0.05, 0.1) is 0 Å². The number of aryl methyl sites for hydroxylation is 1. The van der Waals surface area contributed by atoms with Crippen molar-refractivity contribution in [2.24, 2.45) is 13.0 Å². The van der Waals surface area contributed by atoms with Crippen molar-refractivity contribution in [1.29, 1.82) is 0 Å². The third-order valence-corrected chi connectivity index (χ3v) is 2.44. The molecule has 0 fully saturated rings. The third kappa shape index (κ3) is 2.61. The van der Waals surface area contributed by atoms with Gasteiger partial charge in [-0.15, -0.1) is 0 Å². The Morgan fingerprint density at radius 2 is 2.18 bits per heavy atom. The Bertz CT molecular complexity index is 515. The summed E-state index contributed by atoms with van der Waals surface area (Å²) in [7, 11) is 1.89. The second-order valence-electron chi connectivity index (χ2n) is 4.54. The highest BCUT2D eigenvalue weighted by molar-refractivity contribution is 5.58. The molecule has 0 aliphatic carbocycles. The Labute approximate surface area is 101 Å². The van der Waals surface area contributed by atoms with Gasteiger partial charge in [0.25, 0.3) is 0 Å². The first-order chi connectivity index (χ1) is 8.06. The average Bonchev–Trinajstić information content (AvgIpc) is 2.58. The molecule has 2 aromatic rings. The quantitative estimate of drug-likeness (QED) is 0.872. The molecule has 0 spiro atoms. The zero-order valence-corrected chi connectivity index (χ0v) is 10.4. The van der Waals surface area contributed by atoms with Crippen molar-refractivity contribution in [2.45, 2.75) is 20.3 Å². The molecular formula is C12H17N5. The summed E-state index contributed by atoms with van der Waals surface area (Å²) >= 11 is 0. The normalized spacial score (nSPS) is 11.1. The summed E-state index contributed by atoms with van der Waals surface area (Å²) in [5, 5.41) is 4.40. The number of hydrogen-bond donors (Lipinski definition) is 1. The molecule has 0 atom stereocenters. The number of rotatable bonds is 3. The van der Waals surface area contributed by atoms with Gasteiger partial charge in [-0.05, 0) is 18.1 Å². The minimum absolute atomic E-state index is 0.496. The maximum absolute atomic E-state index is 5.66. The molecule has 0 saturated heterocycles. The molecular weight excluding hydrogens is 214 g/mol. The van der Waals surface area contributed by atoms with Gasteiger partial charge >= 0.3 is 0 Å². The van der Waals surface area contributed by atoms with Crippen LogP contribution in [-0.2, 0) is 13.5 Å². The molecule has 17 heavy (non-hydrogen) atoms. The fourth-order valence-corrected chi connectivity index (χ4v) is 1.73. The Kier molecular flexibility index (Phi) is 3.08. The molecule has 0 unspecified atom stereocenters. The van der Waals surface area contributed by atoms with Crippen LogP contribution in [0.4, 0.5) is 5.82 Å². The molecule has 0 radical (unpaired) electrons. The molecule has 0 aliphatic heterocycles. The largest absolute Gasteiger partial charge is 0.384 e. The number of nitrogens with two attached hydrogens (primary N) is 1. The molecule has 2 rings (SSSR count). The van der Waals surface area contributed by atoms with E-state index in [1.165, 1.54) is 0 Å². The van der Waals surface area contributed by atoms with E-state index < -0.39 is 0 Å². The summed E-state index contributed by atoms with van der Waals surface area (Å²) < 4.78 is 1.78. The molecule has 90 valence electrons. The van der Waals surface area contributed by atoms with Gasteiger partial charge in [0, 0.05) is 25.2 Å². The Balaban J connectivity index is 2.36. The van der Waals surface area contributed by atoms with E-state index >= 15 is 0 Å². The number of anilines is 1. The molecule has 5 nitrogen and oxygen atoms in total. The molecule has 2 heterocycles. The summed E-state index contributed by atoms with van der Waals surface area (Å²) in [6, 6.07) is 3.70. The Hall–Kier alpha value is -1.91. The van der Waals surface area contributed by atoms with Crippen molar-refractivity contribution < 1.29 is 0 Å². The van der Waals surface area contributed by atoms with Crippen molar-refractivity contribution >= 4 is 5.82 Å². The van der Waals surface area contributed by atoms with Gasteiger partial charge in [0.15, 0.2) is 11.6 Å². The summed E-state index contributed by atoms with van der Waals surface area (Å²) in [5.41, 5.74) is 6.61. The van der Waals surface area contributed by atoms with E-state index in [0.29, 0.717) is 11.7 Å². The molecule has 2 aromatic heterocycles. The van der Waals surface area contributed by atoms with E-state index in [1.807, 2.05) is 19.2 Å². The van der Waals surface area contributed by atoms with E-state index in [-0.39, 0.29) is 0 Å². The monoisotopic (exact) mass is 231 g/mol. The van der Waals surface area contributed by atoms with E-state index in [4.69, 9.17) is 5.73 Å². The third-order valence-electron chi connectivity index (χ3n) is 2.44. The lowest BCUT2D eigenvalue weighted by Gasteiger charge is -1.99. The highest BCUT2D eigenvalue weighted by atomic mass is 15.3. The Morgan fingerprint density at radius 1 is 1.41 bits per heavy atom. The molecule has 0 saturated carbocycles. The number of nitrogens with zero attached hydrogens (tertiary/aromatic N) is 4. The lowest BCUT2D eigenvalue weighted by molar-refractivity contribution is 0.613. The Morgan fingerprint density at radius 3 is 2.82 bits per heavy atom. The summed E-state index contributed by atoms with van der Waals surface area (Å²) in [5.74, 6) is 2.74. The standard InChI is InChI=1S/C12H17N5/c1-8(2)6-11-15-12(17(3)16-11)9-4-5-14-10(13)7-9/h4-5,7-8H,6H2,1-3H3,(H2,13,14). The van der Waals surface area contributed by atoms with Crippen LogP contribution in [0.25, 0.3) is 11.4 Å². The molecule has 0 aromatic carbocycles. The lowest BCUT2D eigenvalue weighted by atomic mass is 10.1. The number of hydrogen-bond acceptors (Lipinski definition) is 4. The van der Waals surface area contributed by atoms with Gasteiger partial charge in [-0.2, -0.15) is 5.10 Å². The molecule has 0 bridgehead atoms. The van der Waals surface area contributed by atoms with Gasteiger partial charge in [0.1, 0.15) is 5.82 Å².